The third-order valence-electron chi connectivity index (χ3n) is 8.17. The topological polar surface area (TPSA) is 0 Å². The van der Waals surface area contributed by atoms with Gasteiger partial charge in [0, 0.05) is 0 Å². The van der Waals surface area contributed by atoms with Crippen molar-refractivity contribution in [3.63, 3.8) is 0 Å². The summed E-state index contributed by atoms with van der Waals surface area (Å²) in [5, 5.41) is 0. The first kappa shape index (κ1) is 28.0. The van der Waals surface area contributed by atoms with Crippen LogP contribution in [0.25, 0.3) is 0 Å². The van der Waals surface area contributed by atoms with Gasteiger partial charge in [-0.15, -0.1) is 0 Å². The van der Waals surface area contributed by atoms with Crippen molar-refractivity contribution >= 4 is 0 Å². The molecule has 0 heterocycles. The zero-order valence-corrected chi connectivity index (χ0v) is 21.3. The summed E-state index contributed by atoms with van der Waals surface area (Å²) in [6, 6.07) is 0. The Bertz CT molecular complexity index is 637. The van der Waals surface area contributed by atoms with Crippen LogP contribution in [0.5, 0.6) is 0 Å². The highest BCUT2D eigenvalue weighted by atomic mass is 14.5. The Morgan fingerprint density at radius 3 is 2.52 bits per heavy atom. The molecule has 3 aliphatic carbocycles. The van der Waals surface area contributed by atoms with Gasteiger partial charge in [0.25, 0.3) is 0 Å². The van der Waals surface area contributed by atoms with Crippen LogP contribution in [0.2, 0.25) is 0 Å². The van der Waals surface area contributed by atoms with Crippen molar-refractivity contribution in [2.24, 2.45) is 34.5 Å². The number of hydrogen-bond donors (Lipinski definition) is 0. The fourth-order valence-electron chi connectivity index (χ4n) is 6.04. The summed E-state index contributed by atoms with van der Waals surface area (Å²) >= 11 is 0. The van der Waals surface area contributed by atoms with Crippen molar-refractivity contribution in [3.05, 3.63) is 48.1 Å². The Morgan fingerprint density at radius 1 is 1.13 bits per heavy atom. The molecule has 3 rings (SSSR count). The molecule has 0 bridgehead atoms. The summed E-state index contributed by atoms with van der Waals surface area (Å²) in [4.78, 5) is 0. The first-order chi connectivity index (χ1) is 14.2. The molecular formula is C31H54. The lowest BCUT2D eigenvalue weighted by molar-refractivity contribution is 0.158. The second kappa shape index (κ2) is 12.3. The second-order valence-electron chi connectivity index (χ2n) is 11.4. The average molecular weight is 427 g/mol. The molecule has 0 aliphatic heterocycles. The fraction of sp³-hybridized carbons (Fsp3) is 0.742. The quantitative estimate of drug-likeness (QED) is 0.383. The van der Waals surface area contributed by atoms with Crippen LogP contribution in [0.15, 0.2) is 48.1 Å². The van der Waals surface area contributed by atoms with E-state index in [2.05, 4.69) is 71.6 Å². The van der Waals surface area contributed by atoms with Crippen molar-refractivity contribution < 1.29 is 0 Å². The lowest BCUT2D eigenvalue weighted by atomic mass is 9.64. The number of hydrogen-bond acceptors (Lipinski definition) is 0. The predicted molar refractivity (Wildman–Crippen MR) is 142 cm³/mol. The Balaban J connectivity index is 0.00000156. The maximum Gasteiger partial charge on any atom is -0.0108 e. The normalized spacial score (nSPS) is 33.5. The third kappa shape index (κ3) is 7.23. The molecule has 2 fully saturated rings. The smallest absolute Gasteiger partial charge is 0.0108 e. The van der Waals surface area contributed by atoms with Gasteiger partial charge in [-0.2, -0.15) is 0 Å². The highest BCUT2D eigenvalue weighted by molar-refractivity contribution is 5.30. The molecule has 0 radical (unpaired) electrons. The molecule has 5 unspecified atom stereocenters. The van der Waals surface area contributed by atoms with E-state index in [4.69, 9.17) is 0 Å². The van der Waals surface area contributed by atoms with E-state index in [1.807, 2.05) is 13.8 Å². The molecule has 31 heavy (non-hydrogen) atoms. The minimum atomic E-state index is 0. The first-order valence-electron chi connectivity index (χ1n) is 12.9. The lowest BCUT2D eigenvalue weighted by Gasteiger charge is -2.40. The van der Waals surface area contributed by atoms with Crippen LogP contribution < -0.4 is 0 Å². The molecule has 0 aromatic rings. The zero-order chi connectivity index (χ0) is 22.4. The maximum absolute atomic E-state index is 4.31. The van der Waals surface area contributed by atoms with Crippen LogP contribution in [0.1, 0.15) is 114 Å². The van der Waals surface area contributed by atoms with Crippen molar-refractivity contribution in [2.75, 3.05) is 0 Å². The summed E-state index contributed by atoms with van der Waals surface area (Å²) in [5.41, 5.74) is 4.03. The molecule has 0 saturated heterocycles. The Kier molecular flexibility index (Phi) is 11.1. The number of allylic oxidation sites excluding steroid dienone is 7. The summed E-state index contributed by atoms with van der Waals surface area (Å²) in [7, 11) is 0. The summed E-state index contributed by atoms with van der Waals surface area (Å²) < 4.78 is 0. The SMILES string of the molecule is C.C=C1CCCC(/C=C\C2=CCCC3(C)C(C/C=C/CC(C)(C)C)CCC23)C1C.CC. The van der Waals surface area contributed by atoms with Crippen molar-refractivity contribution in [1.82, 2.24) is 0 Å². The minimum Gasteiger partial charge on any atom is -0.0996 e. The molecule has 0 aromatic heterocycles. The Labute approximate surface area is 196 Å². The molecule has 0 N–H and O–H groups in total. The van der Waals surface area contributed by atoms with Gasteiger partial charge in [-0.05, 0) is 97.9 Å². The van der Waals surface area contributed by atoms with E-state index >= 15 is 0 Å². The van der Waals surface area contributed by atoms with Crippen LogP contribution in [0.3, 0.4) is 0 Å². The van der Waals surface area contributed by atoms with Gasteiger partial charge in [0.1, 0.15) is 0 Å². The fourth-order valence-corrected chi connectivity index (χ4v) is 6.04. The minimum absolute atomic E-state index is 0. The summed E-state index contributed by atoms with van der Waals surface area (Å²) in [6.07, 6.45) is 24.4. The van der Waals surface area contributed by atoms with E-state index < -0.39 is 0 Å². The third-order valence-corrected chi connectivity index (χ3v) is 8.17. The largest absolute Gasteiger partial charge is 0.0996 e. The van der Waals surface area contributed by atoms with E-state index in [0.29, 0.717) is 22.7 Å². The van der Waals surface area contributed by atoms with Gasteiger partial charge in [0.2, 0.25) is 0 Å². The van der Waals surface area contributed by atoms with E-state index in [0.717, 1.165) is 11.8 Å². The molecule has 3 aliphatic rings. The van der Waals surface area contributed by atoms with Crippen molar-refractivity contribution in [1.29, 1.82) is 0 Å². The number of fused-ring (bicyclic) bond motifs is 1. The number of rotatable bonds is 5. The van der Waals surface area contributed by atoms with Gasteiger partial charge < -0.3 is 0 Å². The lowest BCUT2D eigenvalue weighted by Crippen LogP contribution is -2.31. The van der Waals surface area contributed by atoms with Gasteiger partial charge in [-0.25, -0.2) is 0 Å². The zero-order valence-electron chi connectivity index (χ0n) is 21.3. The van der Waals surface area contributed by atoms with Gasteiger partial charge in [0.15, 0.2) is 0 Å². The molecular weight excluding hydrogens is 372 g/mol. The molecule has 0 aromatic carbocycles. The highest BCUT2D eigenvalue weighted by Gasteiger charge is 2.47. The standard InChI is InChI=1S/C28H44.C2H6.CH4/c1-21-11-9-12-23(22(21)2)15-16-24-13-10-20-28(6)25(17-18-26(24)28)14-7-8-19-27(3,4)5;1-2;/h7-8,13,15-16,22-23,25-26H,1,9-12,14,17-20H2,2-6H3;1-2H3;1H4/b8-7+,16-15-;;. The Morgan fingerprint density at radius 2 is 1.84 bits per heavy atom. The van der Waals surface area contributed by atoms with E-state index in [1.54, 1.807) is 5.57 Å². The molecule has 0 nitrogen and oxygen atoms in total. The van der Waals surface area contributed by atoms with Crippen LogP contribution in [-0.2, 0) is 0 Å². The Hall–Kier alpha value is -1.04. The molecule has 2 saturated carbocycles. The molecule has 178 valence electrons. The van der Waals surface area contributed by atoms with Crippen molar-refractivity contribution in [2.45, 2.75) is 114 Å². The van der Waals surface area contributed by atoms with Gasteiger partial charge in [0.05, 0.1) is 0 Å². The molecule has 0 heteroatoms. The monoisotopic (exact) mass is 426 g/mol. The first-order valence-corrected chi connectivity index (χ1v) is 12.9. The predicted octanol–water partition coefficient (Wildman–Crippen LogP) is 10.3. The van der Waals surface area contributed by atoms with E-state index in [9.17, 15) is 0 Å². The highest BCUT2D eigenvalue weighted by Crippen LogP contribution is 2.57. The molecule has 0 amide bonds. The van der Waals surface area contributed by atoms with Crippen LogP contribution in [0, 0.1) is 34.5 Å². The maximum atomic E-state index is 4.31. The van der Waals surface area contributed by atoms with Gasteiger partial charge in [-0.3, -0.25) is 0 Å². The van der Waals surface area contributed by atoms with Gasteiger partial charge in [-0.1, -0.05) is 98.4 Å². The van der Waals surface area contributed by atoms with E-state index in [-0.39, 0.29) is 7.43 Å². The molecule has 0 spiro atoms. The second-order valence-corrected chi connectivity index (χ2v) is 11.4. The van der Waals surface area contributed by atoms with Gasteiger partial charge >= 0.3 is 0 Å². The van der Waals surface area contributed by atoms with Crippen LogP contribution in [-0.4, -0.2) is 0 Å². The van der Waals surface area contributed by atoms with E-state index in [1.165, 1.54) is 63.4 Å². The van der Waals surface area contributed by atoms with Crippen LogP contribution in [0.4, 0.5) is 0 Å². The average Bonchev–Trinajstić information content (AvgIpc) is 3.04. The summed E-state index contributed by atoms with van der Waals surface area (Å²) in [6.45, 7) is 20.3. The van der Waals surface area contributed by atoms with Crippen LogP contribution >= 0.6 is 0 Å². The molecule has 5 atom stereocenters. The summed E-state index contributed by atoms with van der Waals surface area (Å²) in [5.74, 6) is 3.00. The van der Waals surface area contributed by atoms with Crippen molar-refractivity contribution in [3.8, 4) is 0 Å².